The third-order valence-corrected chi connectivity index (χ3v) is 4.89. The fourth-order valence-corrected chi connectivity index (χ4v) is 3.37. The van der Waals surface area contributed by atoms with E-state index in [-0.39, 0.29) is 5.56 Å². The van der Waals surface area contributed by atoms with Crippen molar-refractivity contribution in [2.75, 3.05) is 18.4 Å². The maximum Gasteiger partial charge on any atom is 0.258 e. The topological polar surface area (TPSA) is 80.0 Å². The minimum Gasteiger partial charge on any atom is -0.339 e. The molecule has 2 heterocycles. The Hall–Kier alpha value is -3.06. The summed E-state index contributed by atoms with van der Waals surface area (Å²) in [5, 5.41) is 10.1. The molecule has 0 radical (unpaired) electrons. The second-order valence-electron chi connectivity index (χ2n) is 6.92. The highest BCUT2D eigenvalue weighted by atomic mass is 19.1. The highest BCUT2D eigenvalue weighted by molar-refractivity contribution is 6.04. The number of rotatable bonds is 5. The van der Waals surface area contributed by atoms with E-state index in [4.69, 9.17) is 4.52 Å². The van der Waals surface area contributed by atoms with Gasteiger partial charge in [-0.05, 0) is 56.1 Å². The minimum atomic E-state index is -0.558. The van der Waals surface area contributed by atoms with Gasteiger partial charge in [-0.15, -0.1) is 0 Å². The zero-order valence-corrected chi connectivity index (χ0v) is 15.3. The molecule has 0 atom stereocenters. The van der Waals surface area contributed by atoms with Crippen LogP contribution >= 0.6 is 0 Å². The van der Waals surface area contributed by atoms with Crippen LogP contribution in [0.4, 0.5) is 10.1 Å². The van der Waals surface area contributed by atoms with Crippen molar-refractivity contribution in [1.82, 2.24) is 15.5 Å². The van der Waals surface area contributed by atoms with Crippen molar-refractivity contribution in [3.63, 3.8) is 0 Å². The molecule has 0 aliphatic carbocycles. The van der Waals surface area contributed by atoms with Gasteiger partial charge in [0.25, 0.3) is 5.91 Å². The Balaban J connectivity index is 1.46. The number of hydrogen-bond acceptors (Lipinski definition) is 5. The van der Waals surface area contributed by atoms with Crippen molar-refractivity contribution in [2.45, 2.75) is 19.3 Å². The van der Waals surface area contributed by atoms with Crippen LogP contribution in [0, 0.1) is 11.7 Å². The molecule has 0 saturated carbocycles. The fourth-order valence-electron chi connectivity index (χ4n) is 3.37. The van der Waals surface area contributed by atoms with Gasteiger partial charge >= 0.3 is 0 Å². The van der Waals surface area contributed by atoms with Crippen LogP contribution in [0.25, 0.3) is 11.4 Å². The number of nitrogens with one attached hydrogen (secondary N) is 2. The second kappa shape index (κ2) is 8.31. The van der Waals surface area contributed by atoms with E-state index in [0.717, 1.165) is 37.9 Å². The lowest BCUT2D eigenvalue weighted by Crippen LogP contribution is -2.28. The Kier molecular flexibility index (Phi) is 5.43. The van der Waals surface area contributed by atoms with Gasteiger partial charge in [0.2, 0.25) is 11.7 Å². The van der Waals surface area contributed by atoms with Gasteiger partial charge in [0.15, 0.2) is 0 Å². The molecule has 144 valence electrons. The molecule has 2 N–H and O–H groups in total. The van der Waals surface area contributed by atoms with Crippen LogP contribution in [-0.2, 0) is 6.42 Å². The number of amides is 1. The van der Waals surface area contributed by atoms with Gasteiger partial charge in [-0.3, -0.25) is 4.79 Å². The first-order valence-electron chi connectivity index (χ1n) is 9.38. The van der Waals surface area contributed by atoms with Crippen molar-refractivity contribution in [3.8, 4) is 11.4 Å². The first-order chi connectivity index (χ1) is 13.7. The fraction of sp³-hybridized carbons (Fsp3) is 0.286. The lowest BCUT2D eigenvalue weighted by Gasteiger charge is -2.20. The van der Waals surface area contributed by atoms with Crippen molar-refractivity contribution in [3.05, 3.63) is 65.8 Å². The largest absolute Gasteiger partial charge is 0.339 e. The van der Waals surface area contributed by atoms with Gasteiger partial charge in [0, 0.05) is 17.7 Å². The van der Waals surface area contributed by atoms with Gasteiger partial charge in [0.05, 0.1) is 5.56 Å². The molecule has 3 aromatic rings. The van der Waals surface area contributed by atoms with E-state index in [1.807, 2.05) is 6.07 Å². The highest BCUT2D eigenvalue weighted by Gasteiger charge is 2.18. The molecule has 28 heavy (non-hydrogen) atoms. The molecule has 2 aromatic carbocycles. The number of aromatic nitrogens is 2. The molecule has 0 unspecified atom stereocenters. The summed E-state index contributed by atoms with van der Waals surface area (Å²) in [6.07, 6.45) is 2.99. The number of anilines is 1. The van der Waals surface area contributed by atoms with Gasteiger partial charge in [-0.1, -0.05) is 29.4 Å². The van der Waals surface area contributed by atoms with Crippen molar-refractivity contribution in [1.29, 1.82) is 0 Å². The van der Waals surface area contributed by atoms with E-state index in [9.17, 15) is 9.18 Å². The molecule has 1 aromatic heterocycles. The normalized spacial score (nSPS) is 14.8. The Labute approximate surface area is 162 Å². The molecule has 1 amide bonds. The minimum absolute atomic E-state index is 0.00304. The second-order valence-corrected chi connectivity index (χ2v) is 6.92. The van der Waals surface area contributed by atoms with Crippen molar-refractivity contribution in [2.24, 2.45) is 5.92 Å². The Morgan fingerprint density at radius 2 is 2.00 bits per heavy atom. The Morgan fingerprint density at radius 1 is 1.18 bits per heavy atom. The molecule has 1 aliphatic heterocycles. The van der Waals surface area contributed by atoms with E-state index >= 15 is 0 Å². The van der Waals surface area contributed by atoms with Crippen LogP contribution in [0.1, 0.15) is 29.1 Å². The van der Waals surface area contributed by atoms with E-state index in [2.05, 4.69) is 20.8 Å². The summed E-state index contributed by atoms with van der Waals surface area (Å²) in [5.41, 5.74) is 1.26. The molecular weight excluding hydrogens is 359 g/mol. The standard InChI is InChI=1S/C21H21FN4O2/c22-18-7-2-1-6-17(18)21(27)24-16-5-3-4-15(13-16)20-25-19(28-26-20)12-14-8-10-23-11-9-14/h1-7,13-14,23H,8-12H2,(H,24,27). The monoisotopic (exact) mass is 380 g/mol. The number of hydrogen-bond donors (Lipinski definition) is 2. The highest BCUT2D eigenvalue weighted by Crippen LogP contribution is 2.23. The lowest BCUT2D eigenvalue weighted by atomic mass is 9.95. The van der Waals surface area contributed by atoms with E-state index in [1.54, 1.807) is 30.3 Å². The number of carbonyl (C=O) groups excluding carboxylic acids is 1. The predicted octanol–water partition coefficient (Wildman–Crippen LogP) is 3.67. The number of carbonyl (C=O) groups is 1. The molecule has 7 heteroatoms. The van der Waals surface area contributed by atoms with Gasteiger partial charge in [-0.25, -0.2) is 4.39 Å². The molecule has 4 rings (SSSR count). The Bertz CT molecular complexity index is 966. The lowest BCUT2D eigenvalue weighted by molar-refractivity contribution is 0.102. The quantitative estimate of drug-likeness (QED) is 0.706. The van der Waals surface area contributed by atoms with Crippen LogP contribution in [-0.4, -0.2) is 29.1 Å². The van der Waals surface area contributed by atoms with Crippen molar-refractivity contribution >= 4 is 11.6 Å². The summed E-state index contributed by atoms with van der Waals surface area (Å²) < 4.78 is 19.2. The summed E-state index contributed by atoms with van der Waals surface area (Å²) >= 11 is 0. The van der Waals surface area contributed by atoms with Crippen LogP contribution in [0.5, 0.6) is 0 Å². The van der Waals surface area contributed by atoms with Crippen LogP contribution in [0.3, 0.4) is 0 Å². The average Bonchev–Trinajstić information content (AvgIpc) is 3.18. The van der Waals surface area contributed by atoms with Gasteiger partial charge in [-0.2, -0.15) is 4.98 Å². The third kappa shape index (κ3) is 4.26. The van der Waals surface area contributed by atoms with E-state index < -0.39 is 11.7 Å². The summed E-state index contributed by atoms with van der Waals surface area (Å²) in [6, 6.07) is 13.0. The van der Waals surface area contributed by atoms with Crippen LogP contribution < -0.4 is 10.6 Å². The first-order valence-corrected chi connectivity index (χ1v) is 9.38. The predicted molar refractivity (Wildman–Crippen MR) is 103 cm³/mol. The molecule has 6 nitrogen and oxygen atoms in total. The van der Waals surface area contributed by atoms with Crippen LogP contribution in [0.15, 0.2) is 53.1 Å². The molecule has 0 bridgehead atoms. The molecule has 0 spiro atoms. The van der Waals surface area contributed by atoms with Gasteiger partial charge < -0.3 is 15.2 Å². The smallest absolute Gasteiger partial charge is 0.258 e. The third-order valence-electron chi connectivity index (χ3n) is 4.89. The summed E-state index contributed by atoms with van der Waals surface area (Å²) in [7, 11) is 0. The average molecular weight is 380 g/mol. The molecule has 1 fully saturated rings. The zero-order chi connectivity index (χ0) is 19.3. The molecular formula is C21H21FN4O2. The maximum atomic E-state index is 13.8. The Morgan fingerprint density at radius 3 is 2.82 bits per heavy atom. The molecule has 1 saturated heterocycles. The number of nitrogens with zero attached hydrogens (tertiary/aromatic N) is 2. The van der Waals surface area contributed by atoms with Crippen molar-refractivity contribution < 1.29 is 13.7 Å². The molecule has 1 aliphatic rings. The maximum absolute atomic E-state index is 13.8. The van der Waals surface area contributed by atoms with Crippen LogP contribution in [0.2, 0.25) is 0 Å². The summed E-state index contributed by atoms with van der Waals surface area (Å²) in [4.78, 5) is 16.8. The number of benzene rings is 2. The summed E-state index contributed by atoms with van der Waals surface area (Å²) in [5.74, 6) is 0.599. The number of halogens is 1. The SMILES string of the molecule is O=C(Nc1cccc(-c2noc(CC3CCNCC3)n2)c1)c1ccccc1F. The zero-order valence-electron chi connectivity index (χ0n) is 15.3. The first kappa shape index (κ1) is 18.3. The van der Waals surface area contributed by atoms with Gasteiger partial charge in [0.1, 0.15) is 5.82 Å². The van der Waals surface area contributed by atoms with E-state index in [0.29, 0.717) is 23.3 Å². The number of piperidine rings is 1. The van der Waals surface area contributed by atoms with E-state index in [1.165, 1.54) is 12.1 Å². The summed E-state index contributed by atoms with van der Waals surface area (Å²) in [6.45, 7) is 2.05.